The lowest BCUT2D eigenvalue weighted by atomic mass is 10.2. The van der Waals surface area contributed by atoms with Crippen molar-refractivity contribution in [2.45, 2.75) is 11.6 Å². The van der Waals surface area contributed by atoms with Gasteiger partial charge in [-0.15, -0.1) is 5.10 Å². The SMILES string of the molecule is COc1ccc(C(=O)NCCc2nnc(S(C)(=O)=O)o2)cc1. The number of carbonyl (C=O) groups excluding carboxylic acids is 1. The van der Waals surface area contributed by atoms with Crippen LogP contribution in [0.3, 0.4) is 0 Å². The molecule has 0 radical (unpaired) electrons. The quantitative estimate of drug-likeness (QED) is 0.821. The van der Waals surface area contributed by atoms with E-state index in [1.807, 2.05) is 0 Å². The van der Waals surface area contributed by atoms with Gasteiger partial charge in [-0.3, -0.25) is 4.79 Å². The molecule has 1 amide bonds. The topological polar surface area (TPSA) is 111 Å². The van der Waals surface area contributed by atoms with Crippen molar-refractivity contribution in [1.82, 2.24) is 15.5 Å². The van der Waals surface area contributed by atoms with E-state index in [-0.39, 0.29) is 24.8 Å². The standard InChI is InChI=1S/C13H15N3O5S/c1-20-10-5-3-9(4-6-10)12(17)14-8-7-11-15-16-13(21-11)22(2,18)19/h3-6H,7-8H2,1-2H3,(H,14,17). The number of benzene rings is 1. The number of aromatic nitrogens is 2. The van der Waals surface area contributed by atoms with Crippen LogP contribution >= 0.6 is 0 Å². The lowest BCUT2D eigenvalue weighted by molar-refractivity contribution is 0.0953. The van der Waals surface area contributed by atoms with E-state index in [9.17, 15) is 13.2 Å². The highest BCUT2D eigenvalue weighted by molar-refractivity contribution is 7.90. The van der Waals surface area contributed by atoms with Gasteiger partial charge in [-0.2, -0.15) is 0 Å². The molecular weight excluding hydrogens is 310 g/mol. The van der Waals surface area contributed by atoms with Crippen LogP contribution in [0.1, 0.15) is 16.2 Å². The van der Waals surface area contributed by atoms with Gasteiger partial charge in [0.05, 0.1) is 7.11 Å². The summed E-state index contributed by atoms with van der Waals surface area (Å²) in [5.74, 6) is 0.552. The van der Waals surface area contributed by atoms with Crippen molar-refractivity contribution >= 4 is 15.7 Å². The number of nitrogens with one attached hydrogen (secondary N) is 1. The molecule has 0 aliphatic heterocycles. The summed E-state index contributed by atoms with van der Waals surface area (Å²) in [7, 11) is -1.97. The van der Waals surface area contributed by atoms with E-state index in [2.05, 4.69) is 15.5 Å². The number of hydrogen-bond acceptors (Lipinski definition) is 7. The van der Waals surface area contributed by atoms with E-state index < -0.39 is 15.1 Å². The minimum Gasteiger partial charge on any atom is -0.497 e. The van der Waals surface area contributed by atoms with Crippen LogP contribution in [0.5, 0.6) is 5.75 Å². The van der Waals surface area contributed by atoms with Crippen LogP contribution in [0.15, 0.2) is 33.9 Å². The lowest BCUT2D eigenvalue weighted by Gasteiger charge is -2.04. The molecule has 1 heterocycles. The van der Waals surface area contributed by atoms with Crippen LogP contribution in [0, 0.1) is 0 Å². The molecule has 0 bridgehead atoms. The minimum absolute atomic E-state index is 0.149. The summed E-state index contributed by atoms with van der Waals surface area (Å²) in [5.41, 5.74) is 0.489. The van der Waals surface area contributed by atoms with Crippen LogP contribution in [-0.2, 0) is 16.3 Å². The Morgan fingerprint density at radius 3 is 2.50 bits per heavy atom. The first-order valence-electron chi connectivity index (χ1n) is 6.35. The first-order valence-corrected chi connectivity index (χ1v) is 8.24. The van der Waals surface area contributed by atoms with Crippen molar-refractivity contribution in [2.24, 2.45) is 0 Å². The normalized spacial score (nSPS) is 11.2. The number of sulfone groups is 1. The highest BCUT2D eigenvalue weighted by Gasteiger charge is 2.16. The van der Waals surface area contributed by atoms with Crippen molar-refractivity contribution in [3.8, 4) is 5.75 Å². The van der Waals surface area contributed by atoms with E-state index in [0.29, 0.717) is 11.3 Å². The first-order chi connectivity index (χ1) is 10.4. The molecular formula is C13H15N3O5S. The lowest BCUT2D eigenvalue weighted by Crippen LogP contribution is -2.25. The predicted molar refractivity (Wildman–Crippen MR) is 76.4 cm³/mol. The molecule has 1 aromatic carbocycles. The number of rotatable bonds is 6. The van der Waals surface area contributed by atoms with Crippen LogP contribution in [0.4, 0.5) is 0 Å². The summed E-state index contributed by atoms with van der Waals surface area (Å²) in [6.07, 6.45) is 1.22. The molecule has 8 nitrogen and oxygen atoms in total. The van der Waals surface area contributed by atoms with Gasteiger partial charge in [-0.1, -0.05) is 5.10 Å². The average Bonchev–Trinajstić information content (AvgIpc) is 2.96. The third kappa shape index (κ3) is 4.04. The second-order valence-electron chi connectivity index (χ2n) is 4.47. The number of carbonyl (C=O) groups is 1. The zero-order valence-corrected chi connectivity index (χ0v) is 12.9. The van der Waals surface area contributed by atoms with Crippen molar-refractivity contribution < 1.29 is 22.4 Å². The number of hydrogen-bond donors (Lipinski definition) is 1. The number of amides is 1. The van der Waals surface area contributed by atoms with Gasteiger partial charge in [-0.25, -0.2) is 8.42 Å². The van der Waals surface area contributed by atoms with Gasteiger partial charge in [0.25, 0.3) is 5.91 Å². The van der Waals surface area contributed by atoms with Crippen molar-refractivity contribution in [1.29, 1.82) is 0 Å². The Bertz CT molecular complexity index is 752. The number of methoxy groups -OCH3 is 1. The highest BCUT2D eigenvalue weighted by atomic mass is 32.2. The van der Waals surface area contributed by atoms with Crippen molar-refractivity contribution in [2.75, 3.05) is 19.9 Å². The largest absolute Gasteiger partial charge is 0.497 e. The van der Waals surface area contributed by atoms with Gasteiger partial charge in [0, 0.05) is 24.8 Å². The molecule has 1 aromatic heterocycles. The molecule has 118 valence electrons. The highest BCUT2D eigenvalue weighted by Crippen LogP contribution is 2.11. The van der Waals surface area contributed by atoms with Crippen LogP contribution in [0.2, 0.25) is 0 Å². The fourth-order valence-corrected chi connectivity index (χ4v) is 2.05. The van der Waals surface area contributed by atoms with E-state index in [4.69, 9.17) is 9.15 Å². The zero-order chi connectivity index (χ0) is 16.2. The maximum absolute atomic E-state index is 11.9. The fourth-order valence-electron chi connectivity index (χ4n) is 1.62. The van der Waals surface area contributed by atoms with E-state index >= 15 is 0 Å². The van der Waals surface area contributed by atoms with Gasteiger partial charge in [-0.05, 0) is 24.3 Å². The Labute approximate surface area is 127 Å². The molecule has 9 heteroatoms. The Hall–Kier alpha value is -2.42. The molecule has 0 atom stereocenters. The molecule has 0 aliphatic rings. The monoisotopic (exact) mass is 325 g/mol. The first kappa shape index (κ1) is 16.0. The molecule has 0 spiro atoms. The van der Waals surface area contributed by atoms with Crippen LogP contribution < -0.4 is 10.1 Å². The Balaban J connectivity index is 1.87. The maximum Gasteiger partial charge on any atom is 0.335 e. The van der Waals surface area contributed by atoms with Crippen molar-refractivity contribution in [3.63, 3.8) is 0 Å². The Morgan fingerprint density at radius 2 is 1.95 bits per heavy atom. The van der Waals surface area contributed by atoms with Gasteiger partial charge < -0.3 is 14.5 Å². The summed E-state index contributed by atoms with van der Waals surface area (Å²) in [6.45, 7) is 0.246. The number of ether oxygens (including phenoxy) is 1. The minimum atomic E-state index is -3.51. The molecule has 0 saturated heterocycles. The van der Waals surface area contributed by atoms with Gasteiger partial charge in [0.2, 0.25) is 15.7 Å². The second kappa shape index (κ2) is 6.56. The summed E-state index contributed by atoms with van der Waals surface area (Å²) in [6, 6.07) is 6.65. The van der Waals surface area contributed by atoms with Gasteiger partial charge >= 0.3 is 5.22 Å². The Kier molecular flexibility index (Phi) is 4.76. The number of nitrogens with zero attached hydrogens (tertiary/aromatic N) is 2. The summed E-state index contributed by atoms with van der Waals surface area (Å²) in [5, 5.41) is 9.29. The fraction of sp³-hybridized carbons (Fsp3) is 0.308. The van der Waals surface area contributed by atoms with E-state index in [0.717, 1.165) is 6.26 Å². The smallest absolute Gasteiger partial charge is 0.335 e. The van der Waals surface area contributed by atoms with Crippen LogP contribution in [0.25, 0.3) is 0 Å². The molecule has 1 N–H and O–H groups in total. The average molecular weight is 325 g/mol. The molecule has 0 unspecified atom stereocenters. The van der Waals surface area contributed by atoms with Crippen LogP contribution in [-0.4, -0.2) is 44.4 Å². The third-order valence-corrected chi connectivity index (χ3v) is 3.54. The van der Waals surface area contributed by atoms with Gasteiger partial charge in [0.1, 0.15) is 5.75 Å². The molecule has 0 aliphatic carbocycles. The second-order valence-corrected chi connectivity index (χ2v) is 6.36. The predicted octanol–water partition coefficient (Wildman–Crippen LogP) is 0.454. The third-order valence-electron chi connectivity index (χ3n) is 2.74. The Morgan fingerprint density at radius 1 is 1.27 bits per heavy atom. The van der Waals surface area contributed by atoms with E-state index in [1.54, 1.807) is 31.4 Å². The summed E-state index contributed by atoms with van der Waals surface area (Å²) < 4.78 is 32.4. The summed E-state index contributed by atoms with van der Waals surface area (Å²) >= 11 is 0. The van der Waals surface area contributed by atoms with Crippen molar-refractivity contribution in [3.05, 3.63) is 35.7 Å². The maximum atomic E-state index is 11.9. The molecule has 2 rings (SSSR count). The zero-order valence-electron chi connectivity index (χ0n) is 12.1. The summed E-state index contributed by atoms with van der Waals surface area (Å²) in [4.78, 5) is 11.9. The van der Waals surface area contributed by atoms with E-state index in [1.165, 1.54) is 0 Å². The molecule has 22 heavy (non-hydrogen) atoms. The molecule has 0 fully saturated rings. The molecule has 2 aromatic rings. The van der Waals surface area contributed by atoms with Gasteiger partial charge in [0.15, 0.2) is 0 Å². The molecule has 0 saturated carbocycles.